The highest BCUT2D eigenvalue weighted by molar-refractivity contribution is 6.06. The van der Waals surface area contributed by atoms with Crippen molar-refractivity contribution in [2.45, 2.75) is 32.2 Å². The van der Waals surface area contributed by atoms with Gasteiger partial charge in [0.25, 0.3) is 5.91 Å². The fourth-order valence-corrected chi connectivity index (χ4v) is 4.44. The summed E-state index contributed by atoms with van der Waals surface area (Å²) in [5, 5.41) is 0.905. The molecule has 4 nitrogen and oxygen atoms in total. The van der Waals surface area contributed by atoms with E-state index >= 15 is 0 Å². The monoisotopic (exact) mass is 407 g/mol. The van der Waals surface area contributed by atoms with Gasteiger partial charge in [-0.05, 0) is 61.6 Å². The van der Waals surface area contributed by atoms with E-state index in [9.17, 15) is 4.79 Å². The first-order valence-electron chi connectivity index (χ1n) is 10.8. The van der Waals surface area contributed by atoms with Crippen LogP contribution in [0.15, 0.2) is 79.1 Å². The van der Waals surface area contributed by atoms with Crippen LogP contribution in [0.25, 0.3) is 10.9 Å². The Kier molecular flexibility index (Phi) is 5.21. The maximum atomic E-state index is 13.5. The van der Waals surface area contributed by atoms with Crippen LogP contribution in [0.4, 0.5) is 0 Å². The van der Waals surface area contributed by atoms with E-state index in [-0.39, 0.29) is 11.9 Å². The zero-order valence-electron chi connectivity index (χ0n) is 17.7. The highest BCUT2D eigenvalue weighted by Gasteiger charge is 2.32. The molecule has 31 heavy (non-hydrogen) atoms. The maximum absolute atomic E-state index is 13.5. The molecular formula is C27H25N3O. The predicted octanol–water partition coefficient (Wildman–Crippen LogP) is 5.51. The van der Waals surface area contributed by atoms with Gasteiger partial charge >= 0.3 is 0 Å². The Labute approximate surface area is 182 Å². The molecule has 0 unspecified atom stereocenters. The van der Waals surface area contributed by atoms with Gasteiger partial charge in [0.15, 0.2) is 0 Å². The minimum atomic E-state index is 0.0212. The van der Waals surface area contributed by atoms with E-state index in [4.69, 9.17) is 4.98 Å². The van der Waals surface area contributed by atoms with Crippen molar-refractivity contribution in [3.05, 3.63) is 107 Å². The van der Waals surface area contributed by atoms with Crippen molar-refractivity contribution in [2.24, 2.45) is 0 Å². The first-order chi connectivity index (χ1) is 15.2. The van der Waals surface area contributed by atoms with E-state index in [1.807, 2.05) is 41.4 Å². The number of nitrogens with zero attached hydrogens (tertiary/aromatic N) is 3. The zero-order valence-corrected chi connectivity index (χ0v) is 17.7. The van der Waals surface area contributed by atoms with E-state index in [0.29, 0.717) is 5.56 Å². The molecular weight excluding hydrogens is 382 g/mol. The molecule has 0 saturated carbocycles. The normalized spacial score (nSPS) is 16.0. The second-order valence-corrected chi connectivity index (χ2v) is 8.29. The Morgan fingerprint density at radius 3 is 2.61 bits per heavy atom. The van der Waals surface area contributed by atoms with E-state index in [2.05, 4.69) is 48.3 Å². The third kappa shape index (κ3) is 3.93. The number of aromatic nitrogens is 2. The summed E-state index contributed by atoms with van der Waals surface area (Å²) in [6, 6.07) is 22.5. The van der Waals surface area contributed by atoms with E-state index in [1.165, 1.54) is 16.7 Å². The Hall–Kier alpha value is -3.53. The van der Waals surface area contributed by atoms with Crippen molar-refractivity contribution < 1.29 is 4.79 Å². The smallest absolute Gasteiger partial charge is 0.255 e. The second kappa shape index (κ2) is 8.31. The first kappa shape index (κ1) is 19.4. The molecule has 0 radical (unpaired) electrons. The Bertz CT molecular complexity index is 1210. The molecule has 1 fully saturated rings. The lowest BCUT2D eigenvalue weighted by Crippen LogP contribution is -2.31. The quantitative estimate of drug-likeness (QED) is 0.448. The topological polar surface area (TPSA) is 46.1 Å². The summed E-state index contributed by atoms with van der Waals surface area (Å²) in [6.07, 6.45) is 6.52. The number of fused-ring (bicyclic) bond motifs is 1. The number of pyridine rings is 2. The molecule has 1 atom stereocenters. The molecule has 5 rings (SSSR count). The molecule has 0 bridgehead atoms. The largest absolute Gasteiger partial charge is 0.330 e. The number of amides is 1. The molecule has 154 valence electrons. The second-order valence-electron chi connectivity index (χ2n) is 8.29. The summed E-state index contributed by atoms with van der Waals surface area (Å²) in [4.78, 5) is 24.6. The number of rotatable bonds is 4. The summed E-state index contributed by atoms with van der Waals surface area (Å²) in [6.45, 7) is 2.86. The van der Waals surface area contributed by atoms with E-state index in [0.717, 1.165) is 42.4 Å². The maximum Gasteiger partial charge on any atom is 0.255 e. The van der Waals surface area contributed by atoms with Gasteiger partial charge in [-0.1, -0.05) is 48.0 Å². The van der Waals surface area contributed by atoms with Crippen molar-refractivity contribution in [2.75, 3.05) is 6.54 Å². The van der Waals surface area contributed by atoms with E-state index < -0.39 is 0 Å². The molecule has 2 aromatic heterocycles. The minimum Gasteiger partial charge on any atom is -0.330 e. The number of benzene rings is 2. The number of carbonyl (C=O) groups excluding carboxylic acids is 1. The molecule has 0 aliphatic carbocycles. The van der Waals surface area contributed by atoms with Crippen LogP contribution in [-0.4, -0.2) is 27.3 Å². The van der Waals surface area contributed by atoms with Gasteiger partial charge in [-0.2, -0.15) is 0 Å². The van der Waals surface area contributed by atoms with E-state index in [1.54, 1.807) is 6.20 Å². The Morgan fingerprint density at radius 2 is 1.81 bits per heavy atom. The summed E-state index contributed by atoms with van der Waals surface area (Å²) >= 11 is 0. The van der Waals surface area contributed by atoms with Crippen molar-refractivity contribution in [3.8, 4) is 0 Å². The van der Waals surface area contributed by atoms with Gasteiger partial charge in [-0.15, -0.1) is 0 Å². The molecule has 0 N–H and O–H groups in total. The van der Waals surface area contributed by atoms with Gasteiger partial charge in [0.1, 0.15) is 0 Å². The van der Waals surface area contributed by atoms with Crippen molar-refractivity contribution >= 4 is 16.8 Å². The van der Waals surface area contributed by atoms with Crippen LogP contribution in [0, 0.1) is 6.92 Å². The highest BCUT2D eigenvalue weighted by Crippen LogP contribution is 2.33. The molecule has 3 heterocycles. The zero-order chi connectivity index (χ0) is 21.2. The Balaban J connectivity index is 1.37. The third-order valence-corrected chi connectivity index (χ3v) is 6.11. The average Bonchev–Trinajstić information content (AvgIpc) is 3.30. The van der Waals surface area contributed by atoms with Gasteiger partial charge in [0, 0.05) is 29.9 Å². The number of likely N-dealkylation sites (tertiary alicyclic amines) is 1. The molecule has 1 aliphatic heterocycles. The predicted molar refractivity (Wildman–Crippen MR) is 123 cm³/mol. The molecule has 4 heteroatoms. The van der Waals surface area contributed by atoms with Gasteiger partial charge < -0.3 is 4.90 Å². The first-order valence-corrected chi connectivity index (χ1v) is 10.8. The molecule has 1 aliphatic rings. The van der Waals surface area contributed by atoms with Crippen LogP contribution in [0.1, 0.15) is 51.6 Å². The standard InChI is InChI=1S/C27H25N3O/c1-19-9-11-20(12-10-19)17-21-13-14-25(29-18-21)26-8-4-16-30(26)27(31)23-5-2-7-24-22(23)6-3-15-28-24/h2-3,5-7,9-15,18,26H,4,8,16-17H2,1H3/t26-/m0/s1. The summed E-state index contributed by atoms with van der Waals surface area (Å²) in [7, 11) is 0. The van der Waals surface area contributed by atoms with Gasteiger partial charge in [0.2, 0.25) is 0 Å². The van der Waals surface area contributed by atoms with Crippen LogP contribution >= 0.6 is 0 Å². The van der Waals surface area contributed by atoms with Crippen LogP contribution in [0.3, 0.4) is 0 Å². The van der Waals surface area contributed by atoms with Crippen molar-refractivity contribution in [1.82, 2.24) is 14.9 Å². The highest BCUT2D eigenvalue weighted by atomic mass is 16.2. The fourth-order valence-electron chi connectivity index (χ4n) is 4.44. The number of hydrogen-bond donors (Lipinski definition) is 0. The molecule has 0 spiro atoms. The SMILES string of the molecule is Cc1ccc(Cc2ccc([C@@H]3CCCN3C(=O)c3cccc4ncccc34)nc2)cc1. The Morgan fingerprint density at radius 1 is 0.968 bits per heavy atom. The van der Waals surface area contributed by atoms with Crippen LogP contribution in [0.2, 0.25) is 0 Å². The van der Waals surface area contributed by atoms with Gasteiger partial charge in [0.05, 0.1) is 17.3 Å². The lowest BCUT2D eigenvalue weighted by molar-refractivity contribution is 0.0735. The lowest BCUT2D eigenvalue weighted by atomic mass is 10.0. The molecule has 2 aromatic carbocycles. The van der Waals surface area contributed by atoms with Crippen LogP contribution in [-0.2, 0) is 6.42 Å². The van der Waals surface area contributed by atoms with Crippen LogP contribution < -0.4 is 0 Å². The summed E-state index contributed by atoms with van der Waals surface area (Å²) < 4.78 is 0. The molecule has 4 aromatic rings. The summed E-state index contributed by atoms with van der Waals surface area (Å²) in [5.41, 5.74) is 6.27. The van der Waals surface area contributed by atoms with Gasteiger partial charge in [-0.3, -0.25) is 14.8 Å². The minimum absolute atomic E-state index is 0.0212. The van der Waals surface area contributed by atoms with Gasteiger partial charge in [-0.25, -0.2) is 0 Å². The fraction of sp³-hybridized carbons (Fsp3) is 0.222. The lowest BCUT2D eigenvalue weighted by Gasteiger charge is -2.25. The van der Waals surface area contributed by atoms with Crippen LogP contribution in [0.5, 0.6) is 0 Å². The number of carbonyl (C=O) groups is 1. The number of aryl methyl sites for hydroxylation is 1. The molecule has 1 amide bonds. The summed E-state index contributed by atoms with van der Waals surface area (Å²) in [5.74, 6) is 0.0617. The number of hydrogen-bond acceptors (Lipinski definition) is 3. The third-order valence-electron chi connectivity index (χ3n) is 6.11. The molecule has 1 saturated heterocycles. The average molecular weight is 408 g/mol. The van der Waals surface area contributed by atoms with Crippen molar-refractivity contribution in [3.63, 3.8) is 0 Å². The van der Waals surface area contributed by atoms with Crippen molar-refractivity contribution in [1.29, 1.82) is 0 Å².